The minimum atomic E-state index is 0.856. The van der Waals surface area contributed by atoms with E-state index >= 15 is 0 Å². The first-order valence-electron chi connectivity index (χ1n) is 5.56. The van der Waals surface area contributed by atoms with Crippen molar-refractivity contribution in [1.82, 2.24) is 4.57 Å². The number of unbranched alkanes of at least 4 members (excludes halogenated alkanes) is 2. The third-order valence-electron chi connectivity index (χ3n) is 2.74. The molecule has 0 aliphatic heterocycles. The van der Waals surface area contributed by atoms with Crippen molar-refractivity contribution in [2.75, 3.05) is 0 Å². The van der Waals surface area contributed by atoms with Gasteiger partial charge in [-0.05, 0) is 18.6 Å². The van der Waals surface area contributed by atoms with Gasteiger partial charge in [0.05, 0.1) is 10.5 Å². The van der Waals surface area contributed by atoms with Gasteiger partial charge in [0.1, 0.15) is 0 Å². The lowest BCUT2D eigenvalue weighted by Crippen LogP contribution is -1.95. The Hall–Kier alpha value is -0.950. The van der Waals surface area contributed by atoms with Gasteiger partial charge in [-0.3, -0.25) is 0 Å². The monoisotopic (exact) mass is 221 g/mol. The van der Waals surface area contributed by atoms with Gasteiger partial charge in [0.2, 0.25) is 0 Å². The predicted molar refractivity (Wildman–Crippen MR) is 66.5 cm³/mol. The molecule has 0 saturated carbocycles. The quantitative estimate of drug-likeness (QED) is 0.671. The molecule has 0 amide bonds. The summed E-state index contributed by atoms with van der Waals surface area (Å²) in [6, 6.07) is 8.20. The Morgan fingerprint density at radius 1 is 1.20 bits per heavy atom. The lowest BCUT2D eigenvalue weighted by atomic mass is 10.2. The molecule has 80 valence electrons. The van der Waals surface area contributed by atoms with Crippen molar-refractivity contribution in [3.63, 3.8) is 0 Å². The van der Waals surface area contributed by atoms with Crippen LogP contribution in [0.25, 0.3) is 10.9 Å². The molecule has 1 aromatic heterocycles. The highest BCUT2D eigenvalue weighted by atomic mass is 35.5. The van der Waals surface area contributed by atoms with Crippen LogP contribution in [-0.4, -0.2) is 4.57 Å². The van der Waals surface area contributed by atoms with Crippen LogP contribution in [-0.2, 0) is 6.54 Å². The molecule has 2 heteroatoms. The van der Waals surface area contributed by atoms with Crippen molar-refractivity contribution in [2.24, 2.45) is 0 Å². The largest absolute Gasteiger partial charge is 0.346 e. The van der Waals surface area contributed by atoms with Crippen molar-refractivity contribution >= 4 is 22.5 Å². The molecule has 15 heavy (non-hydrogen) atoms. The minimum absolute atomic E-state index is 0.856. The maximum absolute atomic E-state index is 6.20. The third-order valence-corrected chi connectivity index (χ3v) is 3.05. The molecule has 0 atom stereocenters. The zero-order chi connectivity index (χ0) is 10.7. The van der Waals surface area contributed by atoms with Gasteiger partial charge < -0.3 is 4.57 Å². The fraction of sp³-hybridized carbons (Fsp3) is 0.385. The van der Waals surface area contributed by atoms with Gasteiger partial charge in [-0.1, -0.05) is 43.5 Å². The second kappa shape index (κ2) is 4.71. The summed E-state index contributed by atoms with van der Waals surface area (Å²) in [5.41, 5.74) is 1.18. The summed E-state index contributed by atoms with van der Waals surface area (Å²) in [7, 11) is 0. The SMILES string of the molecule is CCCCCn1ccc2cccc(Cl)c21. The number of aryl methyl sites for hydroxylation is 1. The summed E-state index contributed by atoms with van der Waals surface area (Å²) in [6.07, 6.45) is 5.90. The van der Waals surface area contributed by atoms with Crippen LogP contribution in [0.15, 0.2) is 30.5 Å². The van der Waals surface area contributed by atoms with E-state index in [0.29, 0.717) is 0 Å². The van der Waals surface area contributed by atoms with Crippen LogP contribution in [0.1, 0.15) is 26.2 Å². The molecule has 0 aliphatic rings. The zero-order valence-electron chi connectivity index (χ0n) is 9.04. The highest BCUT2D eigenvalue weighted by Crippen LogP contribution is 2.24. The first kappa shape index (κ1) is 10.6. The average Bonchev–Trinajstić information content (AvgIpc) is 2.63. The summed E-state index contributed by atoms with van der Waals surface area (Å²) in [5, 5.41) is 2.09. The van der Waals surface area contributed by atoms with Gasteiger partial charge in [-0.2, -0.15) is 0 Å². The molecule has 0 saturated heterocycles. The van der Waals surface area contributed by atoms with E-state index in [1.807, 2.05) is 12.1 Å². The van der Waals surface area contributed by atoms with E-state index in [9.17, 15) is 0 Å². The Balaban J connectivity index is 2.27. The van der Waals surface area contributed by atoms with Gasteiger partial charge in [-0.25, -0.2) is 0 Å². The first-order valence-corrected chi connectivity index (χ1v) is 5.94. The standard InChI is InChI=1S/C13H16ClN/c1-2-3-4-9-15-10-8-11-6-5-7-12(14)13(11)15/h5-8,10H,2-4,9H2,1H3. The molecule has 0 fully saturated rings. The van der Waals surface area contributed by atoms with Gasteiger partial charge >= 0.3 is 0 Å². The van der Waals surface area contributed by atoms with Gasteiger partial charge in [0.15, 0.2) is 0 Å². The minimum Gasteiger partial charge on any atom is -0.346 e. The maximum atomic E-state index is 6.20. The smallest absolute Gasteiger partial charge is 0.0669 e. The molecule has 0 N–H and O–H groups in total. The molecule has 0 spiro atoms. The van der Waals surface area contributed by atoms with Crippen molar-refractivity contribution < 1.29 is 0 Å². The second-order valence-electron chi connectivity index (χ2n) is 3.89. The Labute approximate surface area is 95.7 Å². The highest BCUT2D eigenvalue weighted by molar-refractivity contribution is 6.35. The van der Waals surface area contributed by atoms with E-state index in [0.717, 1.165) is 11.6 Å². The van der Waals surface area contributed by atoms with Crippen LogP contribution in [0.2, 0.25) is 5.02 Å². The summed E-state index contributed by atoms with van der Waals surface area (Å²) >= 11 is 6.20. The van der Waals surface area contributed by atoms with Crippen molar-refractivity contribution in [3.05, 3.63) is 35.5 Å². The molecular weight excluding hydrogens is 206 g/mol. The number of fused-ring (bicyclic) bond motifs is 1. The Kier molecular flexibility index (Phi) is 3.32. The molecule has 2 rings (SSSR count). The molecule has 1 aromatic carbocycles. The van der Waals surface area contributed by atoms with Crippen LogP contribution in [0.4, 0.5) is 0 Å². The number of halogens is 1. The number of para-hydroxylation sites is 1. The Bertz CT molecular complexity index is 445. The van der Waals surface area contributed by atoms with Crippen molar-refractivity contribution in [1.29, 1.82) is 0 Å². The molecule has 0 bridgehead atoms. The molecular formula is C13H16ClN. The summed E-state index contributed by atoms with van der Waals surface area (Å²) in [4.78, 5) is 0. The number of aromatic nitrogens is 1. The van der Waals surface area contributed by atoms with Crippen LogP contribution in [0, 0.1) is 0 Å². The zero-order valence-corrected chi connectivity index (χ0v) is 9.80. The average molecular weight is 222 g/mol. The number of hydrogen-bond donors (Lipinski definition) is 0. The summed E-state index contributed by atoms with van der Waals surface area (Å²) < 4.78 is 2.26. The number of rotatable bonds is 4. The van der Waals surface area contributed by atoms with E-state index in [4.69, 9.17) is 11.6 Å². The summed E-state index contributed by atoms with van der Waals surface area (Å²) in [6.45, 7) is 3.29. The van der Waals surface area contributed by atoms with Crippen LogP contribution >= 0.6 is 11.6 Å². The molecule has 0 unspecified atom stereocenters. The normalized spacial score (nSPS) is 11.1. The highest BCUT2D eigenvalue weighted by Gasteiger charge is 2.03. The molecule has 2 aromatic rings. The van der Waals surface area contributed by atoms with Gasteiger partial charge in [0.25, 0.3) is 0 Å². The molecule has 0 radical (unpaired) electrons. The molecule has 1 heterocycles. The van der Waals surface area contributed by atoms with E-state index in [1.165, 1.54) is 30.2 Å². The van der Waals surface area contributed by atoms with E-state index < -0.39 is 0 Å². The fourth-order valence-corrected chi connectivity index (χ4v) is 2.22. The Morgan fingerprint density at radius 3 is 2.87 bits per heavy atom. The Morgan fingerprint density at radius 2 is 2.07 bits per heavy atom. The lowest BCUT2D eigenvalue weighted by Gasteiger charge is -2.05. The van der Waals surface area contributed by atoms with E-state index in [-0.39, 0.29) is 0 Å². The molecule has 0 aliphatic carbocycles. The van der Waals surface area contributed by atoms with Crippen LogP contribution < -0.4 is 0 Å². The second-order valence-corrected chi connectivity index (χ2v) is 4.30. The number of hydrogen-bond acceptors (Lipinski definition) is 0. The molecule has 1 nitrogen and oxygen atoms in total. The summed E-state index contributed by atoms with van der Waals surface area (Å²) in [5.74, 6) is 0. The first-order chi connectivity index (χ1) is 7.33. The third kappa shape index (κ3) is 2.18. The van der Waals surface area contributed by atoms with Crippen molar-refractivity contribution in [3.8, 4) is 0 Å². The van der Waals surface area contributed by atoms with Crippen molar-refractivity contribution in [2.45, 2.75) is 32.7 Å². The van der Waals surface area contributed by atoms with Crippen LogP contribution in [0.3, 0.4) is 0 Å². The van der Waals surface area contributed by atoms with Crippen LogP contribution in [0.5, 0.6) is 0 Å². The fourth-order valence-electron chi connectivity index (χ4n) is 1.93. The lowest BCUT2D eigenvalue weighted by molar-refractivity contribution is 0.616. The van der Waals surface area contributed by atoms with Gasteiger partial charge in [0, 0.05) is 18.1 Å². The van der Waals surface area contributed by atoms with E-state index in [1.54, 1.807) is 0 Å². The maximum Gasteiger partial charge on any atom is 0.0669 e. The number of benzene rings is 1. The van der Waals surface area contributed by atoms with Gasteiger partial charge in [-0.15, -0.1) is 0 Å². The predicted octanol–water partition coefficient (Wildman–Crippen LogP) is 4.48. The number of nitrogens with zero attached hydrogens (tertiary/aromatic N) is 1. The topological polar surface area (TPSA) is 4.93 Å². The van der Waals surface area contributed by atoms with E-state index in [2.05, 4.69) is 29.8 Å².